The van der Waals surface area contributed by atoms with Gasteiger partial charge in [0.1, 0.15) is 17.7 Å². The van der Waals surface area contributed by atoms with Crippen LogP contribution in [-0.2, 0) is 4.74 Å². The molecule has 1 aromatic heterocycles. The molecular weight excluding hydrogens is 410 g/mol. The fourth-order valence-corrected chi connectivity index (χ4v) is 4.62. The van der Waals surface area contributed by atoms with Crippen LogP contribution < -0.4 is 9.64 Å². The molecular formula is C24H29N3O5. The number of aromatic nitrogens is 1. The number of rotatable bonds is 5. The van der Waals surface area contributed by atoms with Gasteiger partial charge in [-0.25, -0.2) is 9.78 Å². The average Bonchev–Trinajstić information content (AvgIpc) is 3.21. The molecule has 2 aromatic rings. The smallest absolute Gasteiger partial charge is 0.337 e. The summed E-state index contributed by atoms with van der Waals surface area (Å²) in [6, 6.07) is 10.5. The summed E-state index contributed by atoms with van der Waals surface area (Å²) in [5.41, 5.74) is 1.03. The SMILES string of the molecule is COC(=O)c1ccc(O[C@@H]2C[C@@H]3CN(c4ccc(C(=O)N(C)C)cn4)C[C@@H]3C[C@H]2O)cc1. The van der Waals surface area contributed by atoms with Gasteiger partial charge in [0.25, 0.3) is 5.91 Å². The number of esters is 1. The van der Waals surface area contributed by atoms with Crippen LogP contribution in [0.4, 0.5) is 5.82 Å². The van der Waals surface area contributed by atoms with Crippen molar-refractivity contribution in [3.8, 4) is 5.75 Å². The molecule has 0 unspecified atom stereocenters. The highest BCUT2D eigenvalue weighted by molar-refractivity contribution is 5.93. The highest BCUT2D eigenvalue weighted by Crippen LogP contribution is 2.39. The number of benzene rings is 1. The molecule has 0 spiro atoms. The van der Waals surface area contributed by atoms with E-state index in [-0.39, 0.29) is 12.0 Å². The van der Waals surface area contributed by atoms with Gasteiger partial charge in [-0.05, 0) is 61.1 Å². The van der Waals surface area contributed by atoms with E-state index in [2.05, 4.69) is 9.88 Å². The number of nitrogens with zero attached hydrogens (tertiary/aromatic N) is 3. The Balaban J connectivity index is 1.38. The Hall–Kier alpha value is -3.13. The Morgan fingerprint density at radius 1 is 1.03 bits per heavy atom. The van der Waals surface area contributed by atoms with Gasteiger partial charge in [0.2, 0.25) is 0 Å². The maximum atomic E-state index is 12.1. The molecule has 0 bridgehead atoms. The van der Waals surface area contributed by atoms with Crippen LogP contribution in [0.1, 0.15) is 33.6 Å². The zero-order valence-electron chi connectivity index (χ0n) is 18.6. The number of aliphatic hydroxyl groups is 1. The van der Waals surface area contributed by atoms with Crippen LogP contribution in [0.3, 0.4) is 0 Å². The predicted octanol–water partition coefficient (Wildman–Crippen LogP) is 2.22. The molecule has 1 aromatic carbocycles. The van der Waals surface area contributed by atoms with E-state index in [1.165, 1.54) is 12.0 Å². The lowest BCUT2D eigenvalue weighted by atomic mass is 9.78. The van der Waals surface area contributed by atoms with Gasteiger partial charge in [-0.2, -0.15) is 0 Å². The van der Waals surface area contributed by atoms with Crippen molar-refractivity contribution in [3.63, 3.8) is 0 Å². The molecule has 1 saturated heterocycles. The highest BCUT2D eigenvalue weighted by atomic mass is 16.5. The van der Waals surface area contributed by atoms with Crippen molar-refractivity contribution in [1.29, 1.82) is 0 Å². The molecule has 2 heterocycles. The van der Waals surface area contributed by atoms with Gasteiger partial charge in [0, 0.05) is 33.4 Å². The topological polar surface area (TPSA) is 92.2 Å². The number of hydrogen-bond acceptors (Lipinski definition) is 7. The standard InChI is InChI=1S/C24H29N3O5/c1-26(2)23(29)16-6-9-22(25-12-16)27-13-17-10-20(28)21(11-18(17)14-27)32-19-7-4-15(5-8-19)24(30)31-3/h4-9,12,17-18,20-21,28H,10-11,13-14H2,1-3H3/t17-,18+,20+,21+/m0/s1. The van der Waals surface area contributed by atoms with E-state index < -0.39 is 12.1 Å². The molecule has 170 valence electrons. The van der Waals surface area contributed by atoms with Gasteiger partial charge in [0.05, 0.1) is 24.3 Å². The summed E-state index contributed by atoms with van der Waals surface area (Å²) in [4.78, 5) is 31.9. The van der Waals surface area contributed by atoms with E-state index >= 15 is 0 Å². The van der Waals surface area contributed by atoms with Crippen molar-refractivity contribution in [2.75, 3.05) is 39.2 Å². The molecule has 4 atom stereocenters. The highest BCUT2D eigenvalue weighted by Gasteiger charge is 2.43. The van der Waals surface area contributed by atoms with Crippen LogP contribution in [0, 0.1) is 11.8 Å². The minimum atomic E-state index is -0.551. The van der Waals surface area contributed by atoms with E-state index in [9.17, 15) is 14.7 Å². The van der Waals surface area contributed by atoms with Crippen LogP contribution in [0.5, 0.6) is 5.75 Å². The number of hydrogen-bond donors (Lipinski definition) is 1. The van der Waals surface area contributed by atoms with Crippen LogP contribution in [0.2, 0.25) is 0 Å². The van der Waals surface area contributed by atoms with Crippen LogP contribution in [0.25, 0.3) is 0 Å². The fraction of sp³-hybridized carbons (Fsp3) is 0.458. The average molecular weight is 440 g/mol. The molecule has 4 rings (SSSR count). The Kier molecular flexibility index (Phi) is 6.32. The second-order valence-corrected chi connectivity index (χ2v) is 8.74. The van der Waals surface area contributed by atoms with Crippen molar-refractivity contribution in [1.82, 2.24) is 9.88 Å². The normalized spacial score (nSPS) is 24.6. The molecule has 0 radical (unpaired) electrons. The molecule has 1 saturated carbocycles. The number of anilines is 1. The van der Waals surface area contributed by atoms with Gasteiger partial charge in [0.15, 0.2) is 0 Å². The van der Waals surface area contributed by atoms with Crippen molar-refractivity contribution < 1.29 is 24.2 Å². The largest absolute Gasteiger partial charge is 0.488 e. The molecule has 2 fully saturated rings. The number of methoxy groups -OCH3 is 1. The van der Waals surface area contributed by atoms with Gasteiger partial charge in [-0.3, -0.25) is 4.79 Å². The summed E-state index contributed by atoms with van der Waals surface area (Å²) in [7, 11) is 4.79. The first-order chi connectivity index (χ1) is 15.4. The summed E-state index contributed by atoms with van der Waals surface area (Å²) in [6.07, 6.45) is 2.19. The summed E-state index contributed by atoms with van der Waals surface area (Å²) in [5.74, 6) is 1.77. The molecule has 1 aliphatic carbocycles. The van der Waals surface area contributed by atoms with Gasteiger partial charge in [-0.15, -0.1) is 0 Å². The fourth-order valence-electron chi connectivity index (χ4n) is 4.62. The Morgan fingerprint density at radius 3 is 2.28 bits per heavy atom. The van der Waals surface area contributed by atoms with E-state index in [0.717, 1.165) is 25.3 Å². The number of ether oxygens (including phenoxy) is 2. The molecule has 8 nitrogen and oxygen atoms in total. The minimum absolute atomic E-state index is 0.0677. The first kappa shape index (κ1) is 22.1. The van der Waals surface area contributed by atoms with E-state index in [1.807, 2.05) is 12.1 Å². The number of fused-ring (bicyclic) bond motifs is 1. The van der Waals surface area contributed by atoms with Crippen molar-refractivity contribution in [2.45, 2.75) is 25.0 Å². The number of carbonyl (C=O) groups is 2. The maximum absolute atomic E-state index is 12.1. The maximum Gasteiger partial charge on any atom is 0.337 e. The first-order valence-corrected chi connectivity index (χ1v) is 10.8. The first-order valence-electron chi connectivity index (χ1n) is 10.8. The van der Waals surface area contributed by atoms with Crippen LogP contribution in [-0.4, -0.2) is 73.4 Å². The lowest BCUT2D eigenvalue weighted by Gasteiger charge is -2.35. The van der Waals surface area contributed by atoms with Crippen LogP contribution >= 0.6 is 0 Å². The second-order valence-electron chi connectivity index (χ2n) is 8.74. The third-order valence-corrected chi connectivity index (χ3v) is 6.37. The van der Waals surface area contributed by atoms with Gasteiger partial charge in [-0.1, -0.05) is 0 Å². The number of aliphatic hydroxyl groups excluding tert-OH is 1. The Labute approximate surface area is 187 Å². The van der Waals surface area contributed by atoms with E-state index in [4.69, 9.17) is 9.47 Å². The summed E-state index contributed by atoms with van der Waals surface area (Å²) >= 11 is 0. The summed E-state index contributed by atoms with van der Waals surface area (Å²) in [5, 5.41) is 10.7. The van der Waals surface area contributed by atoms with Crippen LogP contribution in [0.15, 0.2) is 42.6 Å². The summed E-state index contributed by atoms with van der Waals surface area (Å²) in [6.45, 7) is 1.67. The minimum Gasteiger partial charge on any atom is -0.488 e. The number of amides is 1. The van der Waals surface area contributed by atoms with Crippen molar-refractivity contribution in [3.05, 3.63) is 53.7 Å². The molecule has 8 heteroatoms. The second kappa shape index (κ2) is 9.16. The van der Waals surface area contributed by atoms with E-state index in [0.29, 0.717) is 35.1 Å². The lowest BCUT2D eigenvalue weighted by molar-refractivity contribution is -0.0231. The Bertz CT molecular complexity index is 961. The van der Waals surface area contributed by atoms with Gasteiger partial charge < -0.3 is 24.4 Å². The lowest BCUT2D eigenvalue weighted by Crippen LogP contribution is -2.42. The zero-order chi connectivity index (χ0) is 22.8. The Morgan fingerprint density at radius 2 is 1.69 bits per heavy atom. The third-order valence-electron chi connectivity index (χ3n) is 6.37. The van der Waals surface area contributed by atoms with Gasteiger partial charge >= 0.3 is 5.97 Å². The molecule has 1 N–H and O–H groups in total. The molecule has 1 aliphatic heterocycles. The molecule has 1 amide bonds. The quantitative estimate of drug-likeness (QED) is 0.714. The number of pyridine rings is 1. The number of carbonyl (C=O) groups excluding carboxylic acids is 2. The summed E-state index contributed by atoms with van der Waals surface area (Å²) < 4.78 is 10.8. The molecule has 2 aliphatic rings. The predicted molar refractivity (Wildman–Crippen MR) is 119 cm³/mol. The van der Waals surface area contributed by atoms with E-state index in [1.54, 1.807) is 44.6 Å². The van der Waals surface area contributed by atoms with Crippen molar-refractivity contribution in [2.24, 2.45) is 11.8 Å². The zero-order valence-corrected chi connectivity index (χ0v) is 18.6. The third kappa shape index (κ3) is 4.55. The monoisotopic (exact) mass is 439 g/mol. The molecule has 32 heavy (non-hydrogen) atoms. The van der Waals surface area contributed by atoms with Crippen molar-refractivity contribution >= 4 is 17.7 Å².